The SMILES string of the molecule is Cn1c(=O)oc2ccc(-c3ccc(C[C@@H](C#N)NC(=O)[C@@H]4C[C@@H]5CCC[C@@H]5N4)c(F)c3)cc21. The lowest BCUT2D eigenvalue weighted by atomic mass is 9.99. The van der Waals surface area contributed by atoms with Crippen LogP contribution in [0.4, 0.5) is 4.39 Å². The third-order valence-electron chi connectivity index (χ3n) is 7.00. The number of nitrogens with one attached hydrogen (secondary N) is 2. The second-order valence-electron chi connectivity index (χ2n) is 9.06. The van der Waals surface area contributed by atoms with Crippen LogP contribution in [0.5, 0.6) is 0 Å². The van der Waals surface area contributed by atoms with Crippen LogP contribution in [0.3, 0.4) is 0 Å². The highest BCUT2D eigenvalue weighted by Gasteiger charge is 2.40. The molecule has 170 valence electrons. The summed E-state index contributed by atoms with van der Waals surface area (Å²) in [6.07, 6.45) is 4.32. The Balaban J connectivity index is 1.29. The molecular formula is C25H25FN4O3. The average Bonchev–Trinajstić information content (AvgIpc) is 3.48. The third kappa shape index (κ3) is 4.05. The fraction of sp³-hybridized carbons (Fsp3) is 0.400. The molecular weight excluding hydrogens is 423 g/mol. The van der Waals surface area contributed by atoms with Gasteiger partial charge in [-0.2, -0.15) is 5.26 Å². The van der Waals surface area contributed by atoms with E-state index >= 15 is 0 Å². The number of nitriles is 1. The molecule has 0 spiro atoms. The summed E-state index contributed by atoms with van der Waals surface area (Å²) in [5.41, 5.74) is 2.84. The van der Waals surface area contributed by atoms with Crippen LogP contribution >= 0.6 is 0 Å². The maximum atomic E-state index is 14.9. The summed E-state index contributed by atoms with van der Waals surface area (Å²) in [4.78, 5) is 24.3. The molecule has 2 N–H and O–H groups in total. The molecule has 1 amide bonds. The van der Waals surface area contributed by atoms with Gasteiger partial charge in [0.05, 0.1) is 17.6 Å². The van der Waals surface area contributed by atoms with Crippen molar-refractivity contribution in [2.45, 2.75) is 50.2 Å². The Morgan fingerprint density at radius 2 is 2.09 bits per heavy atom. The number of carbonyl (C=O) groups excluding carboxylic acids is 1. The molecule has 8 heteroatoms. The van der Waals surface area contributed by atoms with Gasteiger partial charge in [-0.1, -0.05) is 24.6 Å². The van der Waals surface area contributed by atoms with Crippen LogP contribution in [0.1, 0.15) is 31.2 Å². The molecule has 1 saturated carbocycles. The Labute approximate surface area is 190 Å². The molecule has 2 aliphatic rings. The van der Waals surface area contributed by atoms with Crippen molar-refractivity contribution in [2.24, 2.45) is 13.0 Å². The summed E-state index contributed by atoms with van der Waals surface area (Å²) in [7, 11) is 1.62. The lowest BCUT2D eigenvalue weighted by Crippen LogP contribution is -2.46. The van der Waals surface area contributed by atoms with E-state index in [4.69, 9.17) is 4.42 Å². The monoisotopic (exact) mass is 448 g/mol. The van der Waals surface area contributed by atoms with Crippen molar-refractivity contribution < 1.29 is 13.6 Å². The number of hydrogen-bond acceptors (Lipinski definition) is 5. The second-order valence-corrected chi connectivity index (χ2v) is 9.06. The molecule has 0 bridgehead atoms. The van der Waals surface area contributed by atoms with E-state index in [2.05, 4.69) is 16.7 Å². The van der Waals surface area contributed by atoms with Gasteiger partial charge in [-0.05, 0) is 60.1 Å². The first-order chi connectivity index (χ1) is 15.9. The Bertz CT molecular complexity index is 1310. The van der Waals surface area contributed by atoms with Crippen LogP contribution in [0.2, 0.25) is 0 Å². The maximum absolute atomic E-state index is 14.9. The van der Waals surface area contributed by atoms with Crippen molar-refractivity contribution in [3.8, 4) is 17.2 Å². The predicted octanol–water partition coefficient (Wildman–Crippen LogP) is 3.02. The molecule has 33 heavy (non-hydrogen) atoms. The molecule has 1 aliphatic heterocycles. The van der Waals surface area contributed by atoms with Gasteiger partial charge in [0.2, 0.25) is 5.91 Å². The summed E-state index contributed by atoms with van der Waals surface area (Å²) < 4.78 is 21.5. The Hall–Kier alpha value is -3.44. The van der Waals surface area contributed by atoms with Gasteiger partial charge in [-0.25, -0.2) is 9.18 Å². The smallest absolute Gasteiger partial charge is 0.408 e. The van der Waals surface area contributed by atoms with E-state index in [1.807, 2.05) is 0 Å². The number of aryl methyl sites for hydroxylation is 1. The lowest BCUT2D eigenvalue weighted by molar-refractivity contribution is -0.123. The number of halogens is 1. The van der Waals surface area contributed by atoms with Crippen LogP contribution < -0.4 is 16.4 Å². The van der Waals surface area contributed by atoms with Gasteiger partial charge in [0.15, 0.2) is 5.58 Å². The van der Waals surface area contributed by atoms with Crippen LogP contribution in [0, 0.1) is 23.1 Å². The summed E-state index contributed by atoms with van der Waals surface area (Å²) >= 11 is 0. The molecule has 0 radical (unpaired) electrons. The molecule has 2 heterocycles. The Morgan fingerprint density at radius 1 is 1.30 bits per heavy atom. The van der Waals surface area contributed by atoms with Crippen LogP contribution in [0.15, 0.2) is 45.6 Å². The normalized spacial score (nSPS) is 22.8. The molecule has 2 fully saturated rings. The van der Waals surface area contributed by atoms with Gasteiger partial charge in [0, 0.05) is 19.5 Å². The molecule has 2 aromatic carbocycles. The predicted molar refractivity (Wildman–Crippen MR) is 121 cm³/mol. The topological polar surface area (TPSA) is 100 Å². The highest BCUT2D eigenvalue weighted by atomic mass is 19.1. The maximum Gasteiger partial charge on any atom is 0.419 e. The molecule has 3 aromatic rings. The number of rotatable bonds is 5. The molecule has 4 atom stereocenters. The first-order valence-corrected chi connectivity index (χ1v) is 11.3. The van der Waals surface area contributed by atoms with Gasteiger partial charge in [0.25, 0.3) is 0 Å². The first-order valence-electron chi connectivity index (χ1n) is 11.3. The van der Waals surface area contributed by atoms with E-state index in [1.54, 1.807) is 37.4 Å². The van der Waals surface area contributed by atoms with E-state index in [1.165, 1.54) is 17.1 Å². The minimum Gasteiger partial charge on any atom is -0.408 e. The van der Waals surface area contributed by atoms with Gasteiger partial charge < -0.3 is 15.1 Å². The van der Waals surface area contributed by atoms with Gasteiger partial charge in [0.1, 0.15) is 11.9 Å². The lowest BCUT2D eigenvalue weighted by Gasteiger charge is -2.17. The zero-order chi connectivity index (χ0) is 23.1. The summed E-state index contributed by atoms with van der Waals surface area (Å²) in [6, 6.07) is 11.4. The number of benzene rings is 2. The fourth-order valence-electron chi connectivity index (χ4n) is 5.17. The number of amides is 1. The summed E-state index contributed by atoms with van der Waals surface area (Å²) in [6.45, 7) is 0. The minimum absolute atomic E-state index is 0.0865. The number of oxazole rings is 1. The van der Waals surface area contributed by atoms with E-state index in [9.17, 15) is 19.2 Å². The van der Waals surface area contributed by atoms with Gasteiger partial charge in [-0.3, -0.25) is 9.36 Å². The Morgan fingerprint density at radius 3 is 2.85 bits per heavy atom. The van der Waals surface area contributed by atoms with E-state index < -0.39 is 17.6 Å². The number of nitrogens with zero attached hydrogens (tertiary/aromatic N) is 2. The van der Waals surface area contributed by atoms with Crippen LogP contribution in [-0.2, 0) is 18.3 Å². The largest absolute Gasteiger partial charge is 0.419 e. The molecule has 1 saturated heterocycles. The molecule has 1 aromatic heterocycles. The van der Waals surface area contributed by atoms with Crippen LogP contribution in [0.25, 0.3) is 22.2 Å². The molecule has 0 unspecified atom stereocenters. The zero-order valence-corrected chi connectivity index (χ0v) is 18.3. The van der Waals surface area contributed by atoms with Crippen molar-refractivity contribution in [1.82, 2.24) is 15.2 Å². The Kier molecular flexibility index (Phi) is 5.51. The standard InChI is InChI=1S/C25H25FN4O3/c1-30-22-12-15(7-8-23(22)33-25(30)32)14-5-6-16(19(26)10-14)9-18(13-27)28-24(31)21-11-17-3-2-4-20(17)29-21/h5-8,10,12,17-18,20-21,29H,2-4,9,11H2,1H3,(H,28,31)/t17-,18-,20-,21-/m0/s1. The molecule has 1 aliphatic carbocycles. The third-order valence-corrected chi connectivity index (χ3v) is 7.00. The van der Waals surface area contributed by atoms with Crippen LogP contribution in [-0.4, -0.2) is 28.6 Å². The fourth-order valence-corrected chi connectivity index (χ4v) is 5.17. The quantitative estimate of drug-likeness (QED) is 0.625. The highest BCUT2D eigenvalue weighted by Crippen LogP contribution is 2.34. The van der Waals surface area contributed by atoms with E-state index in [0.29, 0.717) is 34.2 Å². The van der Waals surface area contributed by atoms with Crippen molar-refractivity contribution in [2.75, 3.05) is 0 Å². The van der Waals surface area contributed by atoms with Crippen molar-refractivity contribution in [1.29, 1.82) is 5.26 Å². The summed E-state index contributed by atoms with van der Waals surface area (Å²) in [5, 5.41) is 15.7. The van der Waals surface area contributed by atoms with Crippen molar-refractivity contribution in [3.05, 3.63) is 58.3 Å². The highest BCUT2D eigenvalue weighted by molar-refractivity contribution is 5.83. The van der Waals surface area contributed by atoms with Crippen molar-refractivity contribution >= 4 is 17.0 Å². The second kappa shape index (κ2) is 8.49. The summed E-state index contributed by atoms with van der Waals surface area (Å²) in [5.74, 6) is -0.553. The number of carbonyl (C=O) groups is 1. The van der Waals surface area contributed by atoms with Gasteiger partial charge in [-0.15, -0.1) is 0 Å². The van der Waals surface area contributed by atoms with Gasteiger partial charge >= 0.3 is 5.76 Å². The average molecular weight is 448 g/mol. The van der Waals surface area contributed by atoms with E-state index in [-0.39, 0.29) is 18.4 Å². The minimum atomic E-state index is -0.808. The zero-order valence-electron chi connectivity index (χ0n) is 18.3. The van der Waals surface area contributed by atoms with E-state index in [0.717, 1.165) is 24.8 Å². The first kappa shape index (κ1) is 21.4. The molecule has 7 nitrogen and oxygen atoms in total. The molecule has 5 rings (SSSR count). The number of hydrogen-bond donors (Lipinski definition) is 2. The van der Waals surface area contributed by atoms with Crippen molar-refractivity contribution in [3.63, 3.8) is 0 Å². The number of aromatic nitrogens is 1. The number of fused-ring (bicyclic) bond motifs is 2.